The molecule has 9 nitrogen and oxygen atoms in total. The fraction of sp³-hybridized carbons (Fsp3) is 0.429. The molecule has 33 heavy (non-hydrogen) atoms. The monoisotopic (exact) mass is 463 g/mol. The highest BCUT2D eigenvalue weighted by Crippen LogP contribution is 2.35. The van der Waals surface area contributed by atoms with E-state index < -0.39 is 29.0 Å². The molecule has 3 aromatic heterocycles. The summed E-state index contributed by atoms with van der Waals surface area (Å²) < 4.78 is 38.7. The van der Waals surface area contributed by atoms with E-state index in [1.807, 2.05) is 18.2 Å². The Morgan fingerprint density at radius 2 is 1.88 bits per heavy atom. The molecular formula is C21H24F3N7O2. The van der Waals surface area contributed by atoms with Gasteiger partial charge < -0.3 is 25.5 Å². The number of aromatic amines is 2. The summed E-state index contributed by atoms with van der Waals surface area (Å²) in [7, 11) is 3.39. The van der Waals surface area contributed by atoms with Crippen molar-refractivity contribution < 1.29 is 18.0 Å². The quantitative estimate of drug-likeness (QED) is 0.468. The maximum atomic E-state index is 12.9. The largest absolute Gasteiger partial charge is 0.417 e. The fourth-order valence-corrected chi connectivity index (χ4v) is 4.16. The third-order valence-electron chi connectivity index (χ3n) is 6.12. The predicted octanol–water partition coefficient (Wildman–Crippen LogP) is 3.90. The third-order valence-corrected chi connectivity index (χ3v) is 6.12. The first-order valence-electron chi connectivity index (χ1n) is 10.5. The van der Waals surface area contributed by atoms with Crippen molar-refractivity contribution in [3.63, 3.8) is 0 Å². The Hall–Kier alpha value is -3.57. The first kappa shape index (κ1) is 22.6. The molecule has 0 aliphatic heterocycles. The van der Waals surface area contributed by atoms with E-state index in [0.717, 1.165) is 29.7 Å². The van der Waals surface area contributed by atoms with E-state index in [-0.39, 0.29) is 12.0 Å². The van der Waals surface area contributed by atoms with Gasteiger partial charge in [-0.25, -0.2) is 14.8 Å². The number of fused-ring (bicyclic) bond motifs is 1. The number of rotatable bonds is 4. The number of carbonyl (C=O) groups excluding carboxylic acids is 1. The van der Waals surface area contributed by atoms with E-state index in [9.17, 15) is 22.8 Å². The number of hydrogen-bond donors (Lipinski definition) is 4. The summed E-state index contributed by atoms with van der Waals surface area (Å²) in [5, 5.41) is 5.38. The molecule has 176 valence electrons. The molecule has 3 heterocycles. The van der Waals surface area contributed by atoms with Crippen LogP contribution in [0.2, 0.25) is 0 Å². The summed E-state index contributed by atoms with van der Waals surface area (Å²) >= 11 is 0. The number of halogens is 3. The molecule has 1 aliphatic rings. The van der Waals surface area contributed by atoms with E-state index in [4.69, 9.17) is 4.98 Å². The summed E-state index contributed by atoms with van der Waals surface area (Å²) in [4.78, 5) is 40.2. The van der Waals surface area contributed by atoms with Crippen LogP contribution in [0, 0.1) is 0 Å². The average Bonchev–Trinajstić information content (AvgIpc) is 3.21. The number of carbonyl (C=O) groups is 1. The molecule has 0 bridgehead atoms. The van der Waals surface area contributed by atoms with E-state index in [0.29, 0.717) is 30.8 Å². The summed E-state index contributed by atoms with van der Waals surface area (Å²) in [5.74, 6) is 0.195. The minimum absolute atomic E-state index is 0.108. The molecule has 4 rings (SSSR count). The summed E-state index contributed by atoms with van der Waals surface area (Å²) in [6.07, 6.45) is 2.48. The summed E-state index contributed by atoms with van der Waals surface area (Å²) in [6, 6.07) is -0.102. The molecule has 1 saturated carbocycles. The van der Waals surface area contributed by atoms with Gasteiger partial charge in [0.05, 0.1) is 23.1 Å². The normalized spacial score (nSPS) is 18.8. The van der Waals surface area contributed by atoms with Crippen LogP contribution >= 0.6 is 0 Å². The van der Waals surface area contributed by atoms with Crippen LogP contribution in [0.3, 0.4) is 0 Å². The second-order valence-corrected chi connectivity index (χ2v) is 8.12. The maximum Gasteiger partial charge on any atom is 0.417 e. The molecular weight excluding hydrogens is 439 g/mol. The van der Waals surface area contributed by atoms with E-state index in [1.165, 1.54) is 4.90 Å². The van der Waals surface area contributed by atoms with Gasteiger partial charge >= 0.3 is 12.2 Å². The number of nitrogens with one attached hydrogen (secondary N) is 4. The molecule has 1 fully saturated rings. The number of urea groups is 1. The molecule has 0 atom stereocenters. The van der Waals surface area contributed by atoms with Gasteiger partial charge in [-0.1, -0.05) is 0 Å². The highest BCUT2D eigenvalue weighted by Gasteiger charge is 2.32. The van der Waals surface area contributed by atoms with Gasteiger partial charge in [-0.3, -0.25) is 4.79 Å². The molecule has 12 heteroatoms. The zero-order valence-corrected chi connectivity index (χ0v) is 18.1. The molecule has 2 amide bonds. The lowest BCUT2D eigenvalue weighted by atomic mass is 9.83. The lowest BCUT2D eigenvalue weighted by molar-refractivity contribution is -0.137. The number of alkyl halides is 3. The van der Waals surface area contributed by atoms with Crippen LogP contribution in [0.15, 0.2) is 29.5 Å². The second-order valence-electron chi connectivity index (χ2n) is 8.12. The van der Waals surface area contributed by atoms with Gasteiger partial charge in [-0.05, 0) is 31.7 Å². The average molecular weight is 463 g/mol. The molecule has 0 radical (unpaired) electrons. The van der Waals surface area contributed by atoms with Crippen LogP contribution in [0.1, 0.15) is 42.9 Å². The van der Waals surface area contributed by atoms with Crippen molar-refractivity contribution in [1.82, 2.24) is 24.8 Å². The third kappa shape index (κ3) is 4.64. The number of aromatic nitrogens is 4. The Labute approximate surface area is 186 Å². The highest BCUT2D eigenvalue weighted by atomic mass is 19.4. The Morgan fingerprint density at radius 1 is 1.15 bits per heavy atom. The van der Waals surface area contributed by atoms with Crippen molar-refractivity contribution >= 4 is 28.6 Å². The number of H-pyrrole nitrogens is 2. The Kier molecular flexibility index (Phi) is 6.00. The highest BCUT2D eigenvalue weighted by molar-refractivity contribution is 5.89. The molecule has 4 N–H and O–H groups in total. The second kappa shape index (κ2) is 8.75. The minimum Gasteiger partial charge on any atom is -0.385 e. The molecule has 0 spiro atoms. The number of nitrogens with zero attached hydrogens (tertiary/aromatic N) is 3. The Bertz CT molecular complexity index is 1210. The predicted molar refractivity (Wildman–Crippen MR) is 117 cm³/mol. The molecule has 1 aliphatic carbocycles. The standard InChI is InChI=1S/C21H24F3N7O2/c1-25-16-10-27-18-17(16)29-15(9-26-18)11-3-5-13(6-4-11)31(2)20(33)30-14-7-12(21(22,23)24)8-28-19(14)32/h7-11,13,25H,3-6H2,1-2H3,(H,26,27)(H,28,32)(H,30,33). The number of hydrogen-bond acceptors (Lipinski definition) is 5. The van der Waals surface area contributed by atoms with Gasteiger partial charge in [0.1, 0.15) is 11.2 Å². The van der Waals surface area contributed by atoms with Crippen LogP contribution in [0.4, 0.5) is 29.3 Å². The van der Waals surface area contributed by atoms with Crippen LogP contribution in [0.5, 0.6) is 0 Å². The molecule has 0 unspecified atom stereocenters. The van der Waals surface area contributed by atoms with Crippen LogP contribution in [-0.2, 0) is 6.18 Å². The molecule has 3 aromatic rings. The van der Waals surface area contributed by atoms with Gasteiger partial charge in [0.15, 0.2) is 5.65 Å². The molecule has 0 aromatic carbocycles. The SMILES string of the molecule is CNc1c[nH]c2ncc(C3CCC(N(C)C(=O)Nc4cc(C(F)(F)F)c[nH]c4=O)CC3)nc12. The van der Waals surface area contributed by atoms with Crippen molar-refractivity contribution in [3.05, 3.63) is 46.3 Å². The van der Waals surface area contributed by atoms with E-state index >= 15 is 0 Å². The number of pyridine rings is 1. The summed E-state index contributed by atoms with van der Waals surface area (Å²) in [5.41, 5.74) is 0.966. The van der Waals surface area contributed by atoms with Crippen molar-refractivity contribution in [1.29, 1.82) is 0 Å². The summed E-state index contributed by atoms with van der Waals surface area (Å²) in [6.45, 7) is 0. The van der Waals surface area contributed by atoms with E-state index in [2.05, 4.69) is 20.6 Å². The lowest BCUT2D eigenvalue weighted by Gasteiger charge is -2.34. The van der Waals surface area contributed by atoms with Crippen molar-refractivity contribution in [2.24, 2.45) is 0 Å². The number of amides is 2. The fourth-order valence-electron chi connectivity index (χ4n) is 4.16. The van der Waals surface area contributed by atoms with Crippen molar-refractivity contribution in [2.45, 2.75) is 43.8 Å². The van der Waals surface area contributed by atoms with Gasteiger partial charge in [-0.15, -0.1) is 0 Å². The van der Waals surface area contributed by atoms with Gasteiger partial charge in [-0.2, -0.15) is 13.2 Å². The van der Waals surface area contributed by atoms with Crippen LogP contribution in [0.25, 0.3) is 11.2 Å². The maximum absolute atomic E-state index is 12.9. The Morgan fingerprint density at radius 3 is 2.55 bits per heavy atom. The van der Waals surface area contributed by atoms with Gasteiger partial charge in [0.2, 0.25) is 0 Å². The van der Waals surface area contributed by atoms with Gasteiger partial charge in [0.25, 0.3) is 5.56 Å². The zero-order valence-electron chi connectivity index (χ0n) is 18.1. The van der Waals surface area contributed by atoms with Crippen LogP contribution in [-0.4, -0.2) is 51.0 Å². The van der Waals surface area contributed by atoms with E-state index in [1.54, 1.807) is 13.2 Å². The molecule has 0 saturated heterocycles. The zero-order chi connectivity index (χ0) is 23.8. The number of anilines is 2. The first-order valence-corrected chi connectivity index (χ1v) is 10.5. The minimum atomic E-state index is -4.63. The van der Waals surface area contributed by atoms with Crippen molar-refractivity contribution in [3.8, 4) is 0 Å². The van der Waals surface area contributed by atoms with Crippen LogP contribution < -0.4 is 16.2 Å². The smallest absolute Gasteiger partial charge is 0.385 e. The van der Waals surface area contributed by atoms with Crippen molar-refractivity contribution in [2.75, 3.05) is 24.7 Å². The van der Waals surface area contributed by atoms with Gasteiger partial charge in [0, 0.05) is 38.4 Å². The Balaban J connectivity index is 1.40. The lowest BCUT2D eigenvalue weighted by Crippen LogP contribution is -2.42. The first-order chi connectivity index (χ1) is 15.7. The topological polar surface area (TPSA) is 119 Å².